The van der Waals surface area contributed by atoms with E-state index in [0.717, 1.165) is 29.8 Å². The van der Waals surface area contributed by atoms with Crippen molar-refractivity contribution in [2.24, 2.45) is 0 Å². The van der Waals surface area contributed by atoms with Gasteiger partial charge in [-0.1, -0.05) is 30.3 Å². The monoisotopic (exact) mass is 252 g/mol. The van der Waals surface area contributed by atoms with E-state index in [0.29, 0.717) is 13.0 Å². The summed E-state index contributed by atoms with van der Waals surface area (Å²) in [7, 11) is 0. The maximum Gasteiger partial charge on any atom is 0.166 e. The van der Waals surface area contributed by atoms with E-state index in [9.17, 15) is 4.79 Å². The molecule has 2 aromatic rings. The number of carbonyl (C=O) groups excluding carboxylic acids is 1. The third-order valence-corrected chi connectivity index (χ3v) is 3.47. The number of fused-ring (bicyclic) bond motifs is 1. The summed E-state index contributed by atoms with van der Waals surface area (Å²) < 4.78 is 0. The van der Waals surface area contributed by atoms with Gasteiger partial charge in [0.15, 0.2) is 5.78 Å². The highest BCUT2D eigenvalue weighted by Crippen LogP contribution is 2.26. The Bertz CT molecular complexity index is 593. The van der Waals surface area contributed by atoms with E-state index in [1.54, 1.807) is 6.20 Å². The van der Waals surface area contributed by atoms with Crippen molar-refractivity contribution in [1.82, 2.24) is 4.98 Å². The topological polar surface area (TPSA) is 42.0 Å². The van der Waals surface area contributed by atoms with Crippen molar-refractivity contribution >= 4 is 11.6 Å². The molecule has 1 aliphatic carbocycles. The van der Waals surface area contributed by atoms with Crippen LogP contribution in [0.15, 0.2) is 42.6 Å². The SMILES string of the molecule is O=C1CCCc2ccnc(NCc3ccccc3)c21. The van der Waals surface area contributed by atoms with Crippen LogP contribution in [0.25, 0.3) is 0 Å². The molecule has 1 aromatic heterocycles. The van der Waals surface area contributed by atoms with Crippen LogP contribution in [0.4, 0.5) is 5.82 Å². The van der Waals surface area contributed by atoms with Gasteiger partial charge in [-0.3, -0.25) is 4.79 Å². The largest absolute Gasteiger partial charge is 0.365 e. The van der Waals surface area contributed by atoms with E-state index in [4.69, 9.17) is 0 Å². The molecule has 0 bridgehead atoms. The second-order valence-corrected chi connectivity index (χ2v) is 4.81. The van der Waals surface area contributed by atoms with Gasteiger partial charge in [-0.15, -0.1) is 0 Å². The molecule has 19 heavy (non-hydrogen) atoms. The van der Waals surface area contributed by atoms with E-state index >= 15 is 0 Å². The van der Waals surface area contributed by atoms with E-state index in [1.807, 2.05) is 24.3 Å². The number of nitrogens with one attached hydrogen (secondary N) is 1. The minimum Gasteiger partial charge on any atom is -0.365 e. The fourth-order valence-electron chi connectivity index (χ4n) is 2.50. The Labute approximate surface area is 112 Å². The van der Waals surface area contributed by atoms with Crippen molar-refractivity contribution in [3.8, 4) is 0 Å². The summed E-state index contributed by atoms with van der Waals surface area (Å²) in [6.45, 7) is 0.692. The number of aryl methyl sites for hydroxylation is 1. The lowest BCUT2D eigenvalue weighted by Gasteiger charge is -2.18. The van der Waals surface area contributed by atoms with Crippen LogP contribution in [0.1, 0.15) is 34.3 Å². The zero-order chi connectivity index (χ0) is 13.1. The third kappa shape index (κ3) is 2.50. The van der Waals surface area contributed by atoms with E-state index in [1.165, 1.54) is 5.56 Å². The van der Waals surface area contributed by atoms with E-state index in [2.05, 4.69) is 22.4 Å². The highest BCUT2D eigenvalue weighted by Gasteiger charge is 2.21. The number of anilines is 1. The minimum atomic E-state index is 0.213. The Morgan fingerprint density at radius 3 is 2.79 bits per heavy atom. The van der Waals surface area contributed by atoms with Crippen LogP contribution >= 0.6 is 0 Å². The second kappa shape index (κ2) is 5.22. The van der Waals surface area contributed by atoms with Gasteiger partial charge in [-0.2, -0.15) is 0 Å². The zero-order valence-corrected chi connectivity index (χ0v) is 10.7. The Hall–Kier alpha value is -2.16. The highest BCUT2D eigenvalue weighted by molar-refractivity contribution is 6.02. The van der Waals surface area contributed by atoms with Gasteiger partial charge in [0.2, 0.25) is 0 Å². The van der Waals surface area contributed by atoms with Gasteiger partial charge < -0.3 is 5.32 Å². The molecule has 1 aliphatic rings. The molecule has 0 amide bonds. The first-order valence-electron chi connectivity index (χ1n) is 6.63. The molecule has 96 valence electrons. The van der Waals surface area contributed by atoms with Gasteiger partial charge in [0.1, 0.15) is 5.82 Å². The van der Waals surface area contributed by atoms with Crippen LogP contribution in [0.2, 0.25) is 0 Å². The summed E-state index contributed by atoms with van der Waals surface area (Å²) in [5.41, 5.74) is 3.11. The van der Waals surface area contributed by atoms with Crippen LogP contribution in [-0.2, 0) is 13.0 Å². The fourth-order valence-corrected chi connectivity index (χ4v) is 2.50. The summed E-state index contributed by atoms with van der Waals surface area (Å²) in [6, 6.07) is 12.1. The van der Waals surface area contributed by atoms with Gasteiger partial charge in [-0.05, 0) is 30.0 Å². The highest BCUT2D eigenvalue weighted by atomic mass is 16.1. The van der Waals surface area contributed by atoms with Crippen LogP contribution in [0.3, 0.4) is 0 Å². The first kappa shape index (κ1) is 11.9. The fraction of sp³-hybridized carbons (Fsp3) is 0.250. The Morgan fingerprint density at radius 2 is 1.95 bits per heavy atom. The van der Waals surface area contributed by atoms with Crippen LogP contribution in [-0.4, -0.2) is 10.8 Å². The molecule has 3 rings (SSSR count). The smallest absolute Gasteiger partial charge is 0.166 e. The molecule has 0 saturated carbocycles. The molecular formula is C16H16N2O. The Balaban J connectivity index is 1.84. The predicted molar refractivity (Wildman–Crippen MR) is 75.3 cm³/mol. The van der Waals surface area contributed by atoms with Crippen molar-refractivity contribution in [1.29, 1.82) is 0 Å². The number of carbonyl (C=O) groups is 1. The maximum atomic E-state index is 12.0. The molecule has 1 aromatic carbocycles. The van der Waals surface area contributed by atoms with Gasteiger partial charge in [0, 0.05) is 19.2 Å². The first-order valence-corrected chi connectivity index (χ1v) is 6.63. The van der Waals surface area contributed by atoms with E-state index < -0.39 is 0 Å². The number of hydrogen-bond acceptors (Lipinski definition) is 3. The Kier molecular flexibility index (Phi) is 3.27. The first-order chi connectivity index (χ1) is 9.34. The molecule has 1 N–H and O–H groups in total. The number of Topliss-reactive ketones (excluding diaryl/α,β-unsaturated/α-hetero) is 1. The summed E-state index contributed by atoms with van der Waals surface area (Å²) in [5, 5.41) is 3.29. The number of benzene rings is 1. The van der Waals surface area contributed by atoms with Crippen LogP contribution in [0, 0.1) is 0 Å². The van der Waals surface area contributed by atoms with E-state index in [-0.39, 0.29) is 5.78 Å². The number of rotatable bonds is 3. The van der Waals surface area contributed by atoms with Crippen LogP contribution in [0.5, 0.6) is 0 Å². The zero-order valence-electron chi connectivity index (χ0n) is 10.7. The molecule has 0 radical (unpaired) electrons. The lowest BCUT2D eigenvalue weighted by molar-refractivity contribution is 0.0973. The number of aromatic nitrogens is 1. The summed E-state index contributed by atoms with van der Waals surface area (Å²) in [4.78, 5) is 16.4. The predicted octanol–water partition coefficient (Wildman–Crippen LogP) is 3.21. The molecule has 0 spiro atoms. The normalized spacial score (nSPS) is 14.0. The molecule has 3 heteroatoms. The van der Waals surface area contributed by atoms with Crippen molar-refractivity contribution in [2.75, 3.05) is 5.32 Å². The summed E-state index contributed by atoms with van der Waals surface area (Å²) in [5.74, 6) is 0.941. The molecule has 0 fully saturated rings. The minimum absolute atomic E-state index is 0.213. The average Bonchev–Trinajstić information content (AvgIpc) is 2.46. The Morgan fingerprint density at radius 1 is 1.11 bits per heavy atom. The van der Waals surface area contributed by atoms with Crippen molar-refractivity contribution < 1.29 is 4.79 Å². The average molecular weight is 252 g/mol. The quantitative estimate of drug-likeness (QED) is 0.912. The number of ketones is 1. The molecule has 0 atom stereocenters. The molecular weight excluding hydrogens is 236 g/mol. The standard InChI is InChI=1S/C16H16N2O/c19-14-8-4-7-13-9-10-17-16(15(13)14)18-11-12-5-2-1-3-6-12/h1-3,5-6,9-10H,4,7-8,11H2,(H,17,18). The molecule has 0 aliphatic heterocycles. The molecule has 1 heterocycles. The summed E-state index contributed by atoms with van der Waals surface area (Å²) >= 11 is 0. The molecule has 3 nitrogen and oxygen atoms in total. The molecule has 0 unspecified atom stereocenters. The van der Waals surface area contributed by atoms with Gasteiger partial charge >= 0.3 is 0 Å². The number of hydrogen-bond donors (Lipinski definition) is 1. The third-order valence-electron chi connectivity index (χ3n) is 3.47. The van der Waals surface area contributed by atoms with Gasteiger partial charge in [-0.25, -0.2) is 4.98 Å². The van der Waals surface area contributed by atoms with Crippen LogP contribution < -0.4 is 5.32 Å². The van der Waals surface area contributed by atoms with Crippen molar-refractivity contribution in [3.63, 3.8) is 0 Å². The maximum absolute atomic E-state index is 12.0. The number of pyridine rings is 1. The van der Waals surface area contributed by atoms with Gasteiger partial charge in [0.25, 0.3) is 0 Å². The summed E-state index contributed by atoms with van der Waals surface area (Å²) in [6.07, 6.45) is 4.35. The van der Waals surface area contributed by atoms with Crippen molar-refractivity contribution in [2.45, 2.75) is 25.8 Å². The second-order valence-electron chi connectivity index (χ2n) is 4.81. The van der Waals surface area contributed by atoms with Crippen molar-refractivity contribution in [3.05, 3.63) is 59.3 Å². The number of nitrogens with zero attached hydrogens (tertiary/aromatic N) is 1. The van der Waals surface area contributed by atoms with Gasteiger partial charge in [0.05, 0.1) is 5.56 Å². The lowest BCUT2D eigenvalue weighted by atomic mass is 9.91. The lowest BCUT2D eigenvalue weighted by Crippen LogP contribution is -2.15. The molecule has 0 saturated heterocycles.